The Balaban J connectivity index is 0.00000176. The topological polar surface area (TPSA) is 35.6 Å². The van der Waals surface area contributed by atoms with Gasteiger partial charge in [-0.1, -0.05) is 0 Å². The minimum Gasteiger partial charge on any atom is -0.342 e. The number of piperidine rings is 2. The van der Waals surface area contributed by atoms with Gasteiger partial charge in [-0.05, 0) is 77.5 Å². The Morgan fingerprint density at radius 1 is 1.05 bits per heavy atom. The summed E-state index contributed by atoms with van der Waals surface area (Å²) in [4.78, 5) is 17.3. The van der Waals surface area contributed by atoms with Gasteiger partial charge in [0.05, 0.1) is 0 Å². The molecule has 3 fully saturated rings. The van der Waals surface area contributed by atoms with E-state index in [-0.39, 0.29) is 18.3 Å². The normalized spacial score (nSPS) is 34.5. The van der Waals surface area contributed by atoms with Gasteiger partial charge in [0.25, 0.3) is 0 Å². The van der Waals surface area contributed by atoms with Crippen molar-refractivity contribution in [1.29, 1.82) is 0 Å². The molecule has 3 atom stereocenters. The Bertz CT molecular complexity index is 371. The summed E-state index contributed by atoms with van der Waals surface area (Å²) in [7, 11) is 2.22. The average Bonchev–Trinajstić information content (AvgIpc) is 2.97. The van der Waals surface area contributed by atoms with Crippen LogP contribution in [0.1, 0.15) is 39.0 Å². The number of nitrogens with one attached hydrogen (secondary N) is 1. The standard InChI is InChI=1S/C17H31N3O.ClH/c1-13-11-15(3-7-18-13)17(21)20-10-6-16(12-20)14-4-8-19(2)9-5-14;/h13-16,18H,3-12H2,1-2H3;1H/t13-,15-,16?;/m0./s1. The highest BCUT2D eigenvalue weighted by molar-refractivity contribution is 5.85. The minimum atomic E-state index is 0. The van der Waals surface area contributed by atoms with Crippen molar-refractivity contribution in [3.8, 4) is 0 Å². The molecule has 3 rings (SSSR count). The van der Waals surface area contributed by atoms with E-state index in [4.69, 9.17) is 0 Å². The van der Waals surface area contributed by atoms with Gasteiger partial charge in [-0.15, -0.1) is 12.4 Å². The lowest BCUT2D eigenvalue weighted by atomic mass is 9.84. The number of nitrogens with zero attached hydrogens (tertiary/aromatic N) is 2. The molecule has 0 saturated carbocycles. The van der Waals surface area contributed by atoms with E-state index >= 15 is 0 Å². The summed E-state index contributed by atoms with van der Waals surface area (Å²) < 4.78 is 0. The highest BCUT2D eigenvalue weighted by atomic mass is 35.5. The third-order valence-corrected chi connectivity index (χ3v) is 5.94. The second-order valence-electron chi connectivity index (χ2n) is 7.55. The van der Waals surface area contributed by atoms with Crippen LogP contribution in [0.25, 0.3) is 0 Å². The maximum atomic E-state index is 12.7. The van der Waals surface area contributed by atoms with Crippen molar-refractivity contribution in [3.05, 3.63) is 0 Å². The predicted octanol–water partition coefficient (Wildman–Crippen LogP) is 1.99. The lowest BCUT2D eigenvalue weighted by Crippen LogP contribution is -2.43. The van der Waals surface area contributed by atoms with Crippen LogP contribution in [-0.2, 0) is 4.79 Å². The summed E-state index contributed by atoms with van der Waals surface area (Å²) in [5.41, 5.74) is 0. The SMILES string of the molecule is C[C@H]1C[C@@H](C(=O)N2CCC(C3CCN(C)CC3)C2)CCN1.Cl. The highest BCUT2D eigenvalue weighted by Gasteiger charge is 2.36. The molecule has 22 heavy (non-hydrogen) atoms. The number of halogens is 1. The molecule has 1 N–H and O–H groups in total. The first kappa shape index (κ1) is 18.0. The number of carbonyl (C=O) groups is 1. The quantitative estimate of drug-likeness (QED) is 0.841. The van der Waals surface area contributed by atoms with Crippen molar-refractivity contribution < 1.29 is 4.79 Å². The molecule has 0 aliphatic carbocycles. The van der Waals surface area contributed by atoms with Crippen LogP contribution < -0.4 is 5.32 Å². The molecule has 3 aliphatic rings. The zero-order valence-corrected chi connectivity index (χ0v) is 14.9. The zero-order chi connectivity index (χ0) is 14.8. The molecule has 3 heterocycles. The molecular formula is C17H32ClN3O. The van der Waals surface area contributed by atoms with Crippen LogP contribution in [0.4, 0.5) is 0 Å². The largest absolute Gasteiger partial charge is 0.342 e. The summed E-state index contributed by atoms with van der Waals surface area (Å²) in [5.74, 6) is 2.34. The van der Waals surface area contributed by atoms with E-state index in [1.807, 2.05) is 0 Å². The van der Waals surface area contributed by atoms with Crippen LogP contribution in [0.2, 0.25) is 0 Å². The third kappa shape index (κ3) is 4.15. The van der Waals surface area contributed by atoms with Gasteiger partial charge in [0.1, 0.15) is 0 Å². The van der Waals surface area contributed by atoms with Crippen molar-refractivity contribution in [2.24, 2.45) is 17.8 Å². The molecule has 4 nitrogen and oxygen atoms in total. The van der Waals surface area contributed by atoms with Crippen LogP contribution in [0.3, 0.4) is 0 Å². The van der Waals surface area contributed by atoms with E-state index in [1.165, 1.54) is 32.4 Å². The van der Waals surface area contributed by atoms with Gasteiger partial charge < -0.3 is 15.1 Å². The molecule has 0 aromatic rings. The van der Waals surface area contributed by atoms with Crippen LogP contribution >= 0.6 is 12.4 Å². The molecule has 0 radical (unpaired) electrons. The molecule has 0 aromatic heterocycles. The Hall–Kier alpha value is -0.320. The first-order valence-corrected chi connectivity index (χ1v) is 8.84. The second-order valence-corrected chi connectivity index (χ2v) is 7.55. The van der Waals surface area contributed by atoms with Gasteiger partial charge in [0.2, 0.25) is 5.91 Å². The Morgan fingerprint density at radius 3 is 2.41 bits per heavy atom. The lowest BCUT2D eigenvalue weighted by Gasteiger charge is -2.33. The summed E-state index contributed by atoms with van der Waals surface area (Å²) in [5, 5.41) is 3.45. The molecule has 1 amide bonds. The van der Waals surface area contributed by atoms with Gasteiger partial charge in [0, 0.05) is 25.0 Å². The molecule has 3 saturated heterocycles. The van der Waals surface area contributed by atoms with E-state index in [9.17, 15) is 4.79 Å². The number of rotatable bonds is 2. The first-order valence-electron chi connectivity index (χ1n) is 8.84. The third-order valence-electron chi connectivity index (χ3n) is 5.94. The van der Waals surface area contributed by atoms with Gasteiger partial charge in [-0.3, -0.25) is 4.79 Å². The zero-order valence-electron chi connectivity index (χ0n) is 14.1. The van der Waals surface area contributed by atoms with Crippen molar-refractivity contribution in [3.63, 3.8) is 0 Å². The number of hydrogen-bond acceptors (Lipinski definition) is 3. The van der Waals surface area contributed by atoms with Gasteiger partial charge in [-0.2, -0.15) is 0 Å². The Labute approximate surface area is 141 Å². The maximum Gasteiger partial charge on any atom is 0.225 e. The number of hydrogen-bond donors (Lipinski definition) is 1. The first-order chi connectivity index (χ1) is 10.1. The van der Waals surface area contributed by atoms with Crippen LogP contribution in [0.5, 0.6) is 0 Å². The van der Waals surface area contributed by atoms with Crippen molar-refractivity contribution in [1.82, 2.24) is 15.1 Å². The van der Waals surface area contributed by atoms with Gasteiger partial charge in [-0.25, -0.2) is 0 Å². The lowest BCUT2D eigenvalue weighted by molar-refractivity contribution is -0.135. The van der Waals surface area contributed by atoms with E-state index in [0.29, 0.717) is 11.9 Å². The van der Waals surface area contributed by atoms with E-state index < -0.39 is 0 Å². The Morgan fingerprint density at radius 2 is 1.73 bits per heavy atom. The molecular weight excluding hydrogens is 298 g/mol. The fourth-order valence-electron chi connectivity index (χ4n) is 4.49. The van der Waals surface area contributed by atoms with E-state index in [2.05, 4.69) is 29.1 Å². The van der Waals surface area contributed by atoms with Crippen molar-refractivity contribution in [2.45, 2.75) is 45.1 Å². The minimum absolute atomic E-state index is 0. The molecule has 0 bridgehead atoms. The molecule has 5 heteroatoms. The van der Waals surface area contributed by atoms with Gasteiger partial charge >= 0.3 is 0 Å². The molecule has 1 unspecified atom stereocenters. The summed E-state index contributed by atoms with van der Waals surface area (Å²) in [6.45, 7) is 7.72. The number of carbonyl (C=O) groups excluding carboxylic acids is 1. The van der Waals surface area contributed by atoms with Crippen LogP contribution in [0, 0.1) is 17.8 Å². The monoisotopic (exact) mass is 329 g/mol. The van der Waals surface area contributed by atoms with Crippen LogP contribution in [0.15, 0.2) is 0 Å². The molecule has 128 valence electrons. The summed E-state index contributed by atoms with van der Waals surface area (Å²) in [6.07, 6.45) is 5.94. The van der Waals surface area contributed by atoms with E-state index in [1.54, 1.807) is 0 Å². The maximum absolute atomic E-state index is 12.7. The average molecular weight is 330 g/mol. The second kappa shape index (κ2) is 7.98. The van der Waals surface area contributed by atoms with Gasteiger partial charge in [0.15, 0.2) is 0 Å². The van der Waals surface area contributed by atoms with Crippen molar-refractivity contribution >= 4 is 18.3 Å². The smallest absolute Gasteiger partial charge is 0.225 e. The summed E-state index contributed by atoms with van der Waals surface area (Å²) >= 11 is 0. The van der Waals surface area contributed by atoms with Crippen molar-refractivity contribution in [2.75, 3.05) is 39.8 Å². The van der Waals surface area contributed by atoms with E-state index in [0.717, 1.165) is 44.3 Å². The molecule has 3 aliphatic heterocycles. The molecule has 0 aromatic carbocycles. The fraction of sp³-hybridized carbons (Fsp3) is 0.941. The van der Waals surface area contributed by atoms with Crippen LogP contribution in [-0.4, -0.2) is 61.5 Å². The Kier molecular flexibility index (Phi) is 6.54. The summed E-state index contributed by atoms with van der Waals surface area (Å²) in [6, 6.07) is 0.500. The molecule has 0 spiro atoms. The fourth-order valence-corrected chi connectivity index (χ4v) is 4.49. The number of amides is 1. The highest BCUT2D eigenvalue weighted by Crippen LogP contribution is 2.32. The predicted molar refractivity (Wildman–Crippen MR) is 92.3 cm³/mol. The number of likely N-dealkylation sites (tertiary alicyclic amines) is 2.